The van der Waals surface area contributed by atoms with Crippen LogP contribution in [0.5, 0.6) is 0 Å². The van der Waals surface area contributed by atoms with Gasteiger partial charge in [-0.1, -0.05) is 19.1 Å². The van der Waals surface area contributed by atoms with Gasteiger partial charge in [0.05, 0.1) is 0 Å². The SMILES string of the molecule is CC1CC(C=O)=CC=C1C(=O)OC(C)(C)C. The first-order chi connectivity index (χ1) is 7.33. The lowest BCUT2D eigenvalue weighted by Crippen LogP contribution is -2.27. The Morgan fingerprint density at radius 3 is 2.50 bits per heavy atom. The third-order valence-corrected chi connectivity index (χ3v) is 2.34. The zero-order valence-corrected chi connectivity index (χ0v) is 10.2. The minimum atomic E-state index is -0.480. The summed E-state index contributed by atoms with van der Waals surface area (Å²) in [7, 11) is 0. The molecule has 1 unspecified atom stereocenters. The molecule has 0 saturated carbocycles. The maximum absolute atomic E-state index is 11.8. The van der Waals surface area contributed by atoms with E-state index >= 15 is 0 Å². The molecule has 1 rings (SSSR count). The molecule has 0 bridgehead atoms. The van der Waals surface area contributed by atoms with Gasteiger partial charge in [-0.2, -0.15) is 0 Å². The molecule has 0 amide bonds. The summed E-state index contributed by atoms with van der Waals surface area (Å²) in [5.74, 6) is -0.249. The Hall–Kier alpha value is -1.38. The normalized spacial score (nSPS) is 20.9. The van der Waals surface area contributed by atoms with E-state index in [-0.39, 0.29) is 11.9 Å². The summed E-state index contributed by atoms with van der Waals surface area (Å²) < 4.78 is 5.29. The summed E-state index contributed by atoms with van der Waals surface area (Å²) in [6.07, 6.45) is 4.81. The predicted octanol–water partition coefficient (Wildman–Crippen LogP) is 2.42. The summed E-state index contributed by atoms with van der Waals surface area (Å²) in [5, 5.41) is 0. The first kappa shape index (κ1) is 12.7. The number of aldehydes is 1. The van der Waals surface area contributed by atoms with Crippen molar-refractivity contribution in [2.45, 2.75) is 39.7 Å². The van der Waals surface area contributed by atoms with Crippen molar-refractivity contribution in [3.05, 3.63) is 23.3 Å². The number of carbonyl (C=O) groups excluding carboxylic acids is 2. The van der Waals surface area contributed by atoms with Gasteiger partial charge in [0.15, 0.2) is 0 Å². The molecule has 88 valence electrons. The van der Waals surface area contributed by atoms with E-state index < -0.39 is 5.60 Å². The molecule has 0 aromatic carbocycles. The van der Waals surface area contributed by atoms with Crippen LogP contribution in [-0.4, -0.2) is 17.9 Å². The van der Waals surface area contributed by atoms with Crippen LogP contribution in [0.3, 0.4) is 0 Å². The highest BCUT2D eigenvalue weighted by Gasteiger charge is 2.25. The molecule has 0 aromatic heterocycles. The van der Waals surface area contributed by atoms with Crippen molar-refractivity contribution in [1.29, 1.82) is 0 Å². The highest BCUT2D eigenvalue weighted by molar-refractivity contribution is 5.91. The molecule has 0 radical (unpaired) electrons. The molecule has 1 atom stereocenters. The fourth-order valence-electron chi connectivity index (χ4n) is 1.59. The molecular weight excluding hydrogens is 204 g/mol. The number of carbonyl (C=O) groups is 2. The van der Waals surface area contributed by atoms with Crippen molar-refractivity contribution in [1.82, 2.24) is 0 Å². The molecule has 0 aliphatic heterocycles. The molecule has 3 nitrogen and oxygen atoms in total. The quantitative estimate of drug-likeness (QED) is 0.532. The van der Waals surface area contributed by atoms with E-state index in [1.165, 1.54) is 0 Å². The molecule has 16 heavy (non-hydrogen) atoms. The second kappa shape index (κ2) is 4.64. The van der Waals surface area contributed by atoms with Gasteiger partial charge in [0.25, 0.3) is 0 Å². The second-order valence-electron chi connectivity index (χ2n) is 5.09. The van der Waals surface area contributed by atoms with Gasteiger partial charge >= 0.3 is 5.97 Å². The monoisotopic (exact) mass is 222 g/mol. The smallest absolute Gasteiger partial charge is 0.334 e. The lowest BCUT2D eigenvalue weighted by Gasteiger charge is -2.24. The van der Waals surface area contributed by atoms with Crippen LogP contribution in [0.2, 0.25) is 0 Å². The van der Waals surface area contributed by atoms with Crippen LogP contribution in [0.4, 0.5) is 0 Å². The molecule has 0 fully saturated rings. The molecule has 1 aliphatic carbocycles. The van der Waals surface area contributed by atoms with E-state index in [0.717, 1.165) is 11.9 Å². The van der Waals surface area contributed by atoms with Crippen molar-refractivity contribution in [3.8, 4) is 0 Å². The maximum atomic E-state index is 11.8. The summed E-state index contributed by atoms with van der Waals surface area (Å²) in [6.45, 7) is 7.44. The molecule has 0 heterocycles. The van der Waals surface area contributed by atoms with E-state index in [4.69, 9.17) is 4.74 Å². The molecule has 0 spiro atoms. The topological polar surface area (TPSA) is 43.4 Å². The Morgan fingerprint density at radius 1 is 1.44 bits per heavy atom. The number of ether oxygens (including phenoxy) is 1. The number of rotatable bonds is 2. The molecule has 0 N–H and O–H groups in total. The van der Waals surface area contributed by atoms with Gasteiger partial charge in [0.2, 0.25) is 0 Å². The van der Waals surface area contributed by atoms with Crippen LogP contribution in [0, 0.1) is 5.92 Å². The van der Waals surface area contributed by atoms with Gasteiger partial charge in [-0.3, -0.25) is 4.79 Å². The van der Waals surface area contributed by atoms with E-state index in [1.807, 2.05) is 27.7 Å². The van der Waals surface area contributed by atoms with E-state index in [1.54, 1.807) is 12.2 Å². The summed E-state index contributed by atoms with van der Waals surface area (Å²) >= 11 is 0. The van der Waals surface area contributed by atoms with Crippen molar-refractivity contribution in [2.24, 2.45) is 5.92 Å². The Balaban J connectivity index is 2.81. The average molecular weight is 222 g/mol. The van der Waals surface area contributed by atoms with Crippen LogP contribution >= 0.6 is 0 Å². The Labute approximate surface area is 96.2 Å². The fourth-order valence-corrected chi connectivity index (χ4v) is 1.59. The van der Waals surface area contributed by atoms with Gasteiger partial charge in [-0.15, -0.1) is 0 Å². The third kappa shape index (κ3) is 3.33. The number of allylic oxidation sites excluding steroid dienone is 3. The highest BCUT2D eigenvalue weighted by atomic mass is 16.6. The summed E-state index contributed by atoms with van der Waals surface area (Å²) in [5.41, 5.74) is 0.882. The zero-order valence-electron chi connectivity index (χ0n) is 10.2. The fraction of sp³-hybridized carbons (Fsp3) is 0.538. The first-order valence-electron chi connectivity index (χ1n) is 5.43. The van der Waals surface area contributed by atoms with E-state index in [0.29, 0.717) is 12.0 Å². The minimum absolute atomic E-state index is 0.0417. The number of esters is 1. The Bertz CT molecular complexity index is 356. The van der Waals surface area contributed by atoms with Crippen LogP contribution in [-0.2, 0) is 14.3 Å². The number of hydrogen-bond donors (Lipinski definition) is 0. The largest absolute Gasteiger partial charge is 0.457 e. The second-order valence-corrected chi connectivity index (χ2v) is 5.09. The van der Waals surface area contributed by atoms with Crippen molar-refractivity contribution >= 4 is 12.3 Å². The Kier molecular flexibility index (Phi) is 3.68. The van der Waals surface area contributed by atoms with Gasteiger partial charge in [-0.25, -0.2) is 4.79 Å². The predicted molar refractivity (Wildman–Crippen MR) is 61.9 cm³/mol. The lowest BCUT2D eigenvalue weighted by molar-refractivity contribution is -0.150. The van der Waals surface area contributed by atoms with Crippen LogP contribution < -0.4 is 0 Å². The zero-order chi connectivity index (χ0) is 12.3. The van der Waals surface area contributed by atoms with Crippen LogP contribution in [0.15, 0.2) is 23.3 Å². The van der Waals surface area contributed by atoms with Gasteiger partial charge in [0, 0.05) is 5.57 Å². The summed E-state index contributed by atoms with van der Waals surface area (Å²) in [6, 6.07) is 0. The Morgan fingerprint density at radius 2 is 2.06 bits per heavy atom. The molecule has 3 heteroatoms. The summed E-state index contributed by atoms with van der Waals surface area (Å²) in [4.78, 5) is 22.4. The van der Waals surface area contributed by atoms with Gasteiger partial charge in [-0.05, 0) is 38.7 Å². The molecule has 0 aromatic rings. The van der Waals surface area contributed by atoms with Crippen LogP contribution in [0.25, 0.3) is 0 Å². The van der Waals surface area contributed by atoms with Gasteiger partial charge < -0.3 is 4.74 Å². The molecule has 0 saturated heterocycles. The van der Waals surface area contributed by atoms with E-state index in [2.05, 4.69) is 0 Å². The first-order valence-corrected chi connectivity index (χ1v) is 5.43. The average Bonchev–Trinajstić information content (AvgIpc) is 2.14. The minimum Gasteiger partial charge on any atom is -0.457 e. The van der Waals surface area contributed by atoms with E-state index in [9.17, 15) is 9.59 Å². The standard InChI is InChI=1S/C13H18O3/c1-9-7-10(8-14)5-6-11(9)12(15)16-13(2,3)4/h5-6,8-9H,7H2,1-4H3. The van der Waals surface area contributed by atoms with Crippen molar-refractivity contribution < 1.29 is 14.3 Å². The van der Waals surface area contributed by atoms with Crippen molar-refractivity contribution in [3.63, 3.8) is 0 Å². The highest BCUT2D eigenvalue weighted by Crippen LogP contribution is 2.26. The number of hydrogen-bond acceptors (Lipinski definition) is 3. The third-order valence-electron chi connectivity index (χ3n) is 2.34. The maximum Gasteiger partial charge on any atom is 0.334 e. The van der Waals surface area contributed by atoms with Crippen LogP contribution in [0.1, 0.15) is 34.1 Å². The van der Waals surface area contributed by atoms with Gasteiger partial charge in [0.1, 0.15) is 11.9 Å². The molecular formula is C13H18O3. The lowest BCUT2D eigenvalue weighted by atomic mass is 9.89. The van der Waals surface area contributed by atoms with Crippen molar-refractivity contribution in [2.75, 3.05) is 0 Å². The molecule has 1 aliphatic rings.